The molecule has 0 fully saturated rings. The van der Waals surface area contributed by atoms with Crippen molar-refractivity contribution in [2.45, 2.75) is 32.6 Å². The van der Waals surface area contributed by atoms with Crippen LogP contribution in [0.5, 0.6) is 5.75 Å². The molecular formula is C22H24ClN3O. The van der Waals surface area contributed by atoms with Crippen LogP contribution in [-0.4, -0.2) is 23.4 Å². The van der Waals surface area contributed by atoms with Crippen LogP contribution in [0.2, 0.25) is 5.02 Å². The summed E-state index contributed by atoms with van der Waals surface area (Å²) in [4.78, 5) is 0. The molecule has 3 aromatic rings. The Bertz CT molecular complexity index is 947. The van der Waals surface area contributed by atoms with E-state index >= 15 is 0 Å². The van der Waals surface area contributed by atoms with Crippen LogP contribution < -0.4 is 10.1 Å². The SMILES string of the molecule is COc1ccc(Cc2nn(-c3cccc(Cl)c3C)c3c2CCCCN3)cc1. The van der Waals surface area contributed by atoms with Gasteiger partial charge in [0.25, 0.3) is 0 Å². The molecule has 0 saturated heterocycles. The first-order valence-electron chi connectivity index (χ1n) is 9.40. The molecular weight excluding hydrogens is 358 g/mol. The number of methoxy groups -OCH3 is 1. The summed E-state index contributed by atoms with van der Waals surface area (Å²) in [6.07, 6.45) is 4.20. The molecule has 0 radical (unpaired) electrons. The van der Waals surface area contributed by atoms with Gasteiger partial charge in [-0.15, -0.1) is 0 Å². The Kier molecular flexibility index (Phi) is 5.08. The van der Waals surface area contributed by atoms with Gasteiger partial charge in [0.05, 0.1) is 18.5 Å². The average Bonchev–Trinajstić information content (AvgIpc) is 2.86. The highest BCUT2D eigenvalue weighted by molar-refractivity contribution is 6.31. The Morgan fingerprint density at radius 2 is 1.96 bits per heavy atom. The number of aromatic nitrogens is 2. The average molecular weight is 382 g/mol. The first-order valence-corrected chi connectivity index (χ1v) is 9.78. The zero-order valence-corrected chi connectivity index (χ0v) is 16.5. The monoisotopic (exact) mass is 381 g/mol. The number of halogens is 1. The maximum Gasteiger partial charge on any atom is 0.133 e. The molecule has 1 aliphatic heterocycles. The minimum absolute atomic E-state index is 0.766. The third kappa shape index (κ3) is 3.54. The lowest BCUT2D eigenvalue weighted by Crippen LogP contribution is -2.08. The Morgan fingerprint density at radius 3 is 2.74 bits per heavy atom. The second-order valence-electron chi connectivity index (χ2n) is 6.98. The molecule has 1 N–H and O–H groups in total. The Hall–Kier alpha value is -2.46. The van der Waals surface area contributed by atoms with Gasteiger partial charge in [-0.05, 0) is 61.6 Å². The van der Waals surface area contributed by atoms with Crippen LogP contribution in [0.25, 0.3) is 5.69 Å². The molecule has 0 amide bonds. The molecule has 0 atom stereocenters. The number of anilines is 1. The summed E-state index contributed by atoms with van der Waals surface area (Å²) in [7, 11) is 1.69. The van der Waals surface area contributed by atoms with Crippen LogP contribution in [0.1, 0.15) is 35.2 Å². The molecule has 0 unspecified atom stereocenters. The van der Waals surface area contributed by atoms with E-state index in [2.05, 4.69) is 23.5 Å². The van der Waals surface area contributed by atoms with Gasteiger partial charge in [0.1, 0.15) is 11.6 Å². The second-order valence-corrected chi connectivity index (χ2v) is 7.39. The van der Waals surface area contributed by atoms with E-state index in [-0.39, 0.29) is 0 Å². The highest BCUT2D eigenvalue weighted by Gasteiger charge is 2.21. The molecule has 4 nitrogen and oxygen atoms in total. The van der Waals surface area contributed by atoms with Gasteiger partial charge in [0.15, 0.2) is 0 Å². The molecule has 1 aromatic heterocycles. The molecule has 2 aromatic carbocycles. The molecule has 0 aliphatic carbocycles. The first-order chi connectivity index (χ1) is 13.2. The van der Waals surface area contributed by atoms with Gasteiger partial charge < -0.3 is 10.1 Å². The molecule has 0 bridgehead atoms. The minimum Gasteiger partial charge on any atom is -0.497 e. The fraction of sp³-hybridized carbons (Fsp3) is 0.318. The second kappa shape index (κ2) is 7.65. The lowest BCUT2D eigenvalue weighted by atomic mass is 10.0. The number of nitrogens with zero attached hydrogens (tertiary/aromatic N) is 2. The molecule has 140 valence electrons. The minimum atomic E-state index is 0.766. The van der Waals surface area contributed by atoms with Crippen LogP contribution in [0.3, 0.4) is 0 Å². The summed E-state index contributed by atoms with van der Waals surface area (Å²) in [5.41, 5.74) is 5.77. The van der Waals surface area contributed by atoms with Crippen LogP contribution >= 0.6 is 11.6 Å². The molecule has 27 heavy (non-hydrogen) atoms. The van der Waals surface area contributed by atoms with Crippen molar-refractivity contribution >= 4 is 17.4 Å². The number of fused-ring (bicyclic) bond motifs is 1. The van der Waals surface area contributed by atoms with E-state index < -0.39 is 0 Å². The molecule has 1 aliphatic rings. The molecule has 0 spiro atoms. The largest absolute Gasteiger partial charge is 0.497 e. The lowest BCUT2D eigenvalue weighted by Gasteiger charge is -2.12. The van der Waals surface area contributed by atoms with Crippen LogP contribution in [-0.2, 0) is 12.8 Å². The van der Waals surface area contributed by atoms with Crippen molar-refractivity contribution in [1.82, 2.24) is 9.78 Å². The predicted octanol–water partition coefficient (Wildman–Crippen LogP) is 5.18. The van der Waals surface area contributed by atoms with Crippen molar-refractivity contribution in [2.75, 3.05) is 19.0 Å². The van der Waals surface area contributed by atoms with Gasteiger partial charge in [-0.3, -0.25) is 0 Å². The molecule has 5 heteroatoms. The first kappa shape index (κ1) is 17.9. The van der Waals surface area contributed by atoms with Gasteiger partial charge in [0, 0.05) is 23.6 Å². The van der Waals surface area contributed by atoms with E-state index in [9.17, 15) is 0 Å². The van der Waals surface area contributed by atoms with E-state index in [1.807, 2.05) is 35.9 Å². The standard InChI is InChI=1S/C22H24ClN3O/c1-15-19(23)7-5-8-21(15)26-22-18(6-3-4-13-24-22)20(25-26)14-16-9-11-17(27-2)12-10-16/h5,7-12,24H,3-4,6,13-14H2,1-2H3. The van der Waals surface area contributed by atoms with Crippen molar-refractivity contribution in [3.05, 3.63) is 69.9 Å². The smallest absolute Gasteiger partial charge is 0.133 e. The Labute approximate surface area is 165 Å². The highest BCUT2D eigenvalue weighted by Crippen LogP contribution is 2.32. The maximum absolute atomic E-state index is 6.37. The Morgan fingerprint density at radius 1 is 1.15 bits per heavy atom. The van der Waals surface area contributed by atoms with Gasteiger partial charge in [-0.25, -0.2) is 4.68 Å². The molecule has 0 saturated carbocycles. The summed E-state index contributed by atoms with van der Waals surface area (Å²) in [5.74, 6) is 1.99. The summed E-state index contributed by atoms with van der Waals surface area (Å²) < 4.78 is 7.31. The van der Waals surface area contributed by atoms with Crippen LogP contribution in [0.15, 0.2) is 42.5 Å². The normalized spacial score (nSPS) is 13.6. The third-order valence-electron chi connectivity index (χ3n) is 5.21. The van der Waals surface area contributed by atoms with Gasteiger partial charge in [-0.2, -0.15) is 5.10 Å². The van der Waals surface area contributed by atoms with Crippen molar-refractivity contribution in [3.8, 4) is 11.4 Å². The number of rotatable bonds is 4. The quantitative estimate of drug-likeness (QED) is 0.676. The van der Waals surface area contributed by atoms with E-state index in [0.29, 0.717) is 0 Å². The zero-order chi connectivity index (χ0) is 18.8. The fourth-order valence-electron chi connectivity index (χ4n) is 3.65. The fourth-order valence-corrected chi connectivity index (χ4v) is 3.82. The summed E-state index contributed by atoms with van der Waals surface area (Å²) in [6.45, 7) is 3.02. The van der Waals surface area contributed by atoms with Gasteiger partial charge in [-0.1, -0.05) is 29.8 Å². The van der Waals surface area contributed by atoms with E-state index in [1.54, 1.807) is 7.11 Å². The van der Waals surface area contributed by atoms with E-state index in [0.717, 1.165) is 52.9 Å². The van der Waals surface area contributed by atoms with E-state index in [1.165, 1.54) is 24.0 Å². The van der Waals surface area contributed by atoms with Crippen molar-refractivity contribution in [3.63, 3.8) is 0 Å². The number of hydrogen-bond donors (Lipinski definition) is 1. The Balaban J connectivity index is 1.77. The highest BCUT2D eigenvalue weighted by atomic mass is 35.5. The van der Waals surface area contributed by atoms with Crippen LogP contribution in [0, 0.1) is 6.92 Å². The summed E-state index contributed by atoms with van der Waals surface area (Å²) >= 11 is 6.37. The molecule has 4 rings (SSSR count). The number of hydrogen-bond acceptors (Lipinski definition) is 3. The number of ether oxygens (including phenoxy) is 1. The van der Waals surface area contributed by atoms with E-state index in [4.69, 9.17) is 21.4 Å². The molecule has 2 heterocycles. The third-order valence-corrected chi connectivity index (χ3v) is 5.62. The number of benzene rings is 2. The predicted molar refractivity (Wildman–Crippen MR) is 111 cm³/mol. The lowest BCUT2D eigenvalue weighted by molar-refractivity contribution is 0.414. The van der Waals surface area contributed by atoms with Crippen LogP contribution in [0.4, 0.5) is 5.82 Å². The van der Waals surface area contributed by atoms with Gasteiger partial charge >= 0.3 is 0 Å². The summed E-state index contributed by atoms with van der Waals surface area (Å²) in [5, 5.41) is 9.37. The van der Waals surface area contributed by atoms with Crippen molar-refractivity contribution in [2.24, 2.45) is 0 Å². The van der Waals surface area contributed by atoms with Crippen molar-refractivity contribution < 1.29 is 4.74 Å². The summed E-state index contributed by atoms with van der Waals surface area (Å²) in [6, 6.07) is 14.2. The zero-order valence-electron chi connectivity index (χ0n) is 15.8. The number of nitrogens with one attached hydrogen (secondary N) is 1. The topological polar surface area (TPSA) is 39.1 Å². The van der Waals surface area contributed by atoms with Gasteiger partial charge in [0.2, 0.25) is 0 Å². The van der Waals surface area contributed by atoms with Crippen molar-refractivity contribution in [1.29, 1.82) is 0 Å². The maximum atomic E-state index is 6.37.